The van der Waals surface area contributed by atoms with E-state index in [-0.39, 0.29) is 12.4 Å². The van der Waals surface area contributed by atoms with Gasteiger partial charge in [-0.25, -0.2) is 9.98 Å². The first-order chi connectivity index (χ1) is 15.0. The van der Waals surface area contributed by atoms with E-state index in [9.17, 15) is 5.11 Å². The number of fused-ring (bicyclic) bond motifs is 1. The minimum Gasteiger partial charge on any atom is -0.504 e. The number of ether oxygens (including phenoxy) is 1. The molecule has 2 aromatic heterocycles. The zero-order valence-electron chi connectivity index (χ0n) is 18.3. The predicted octanol–water partition coefficient (Wildman–Crippen LogP) is 4.65. The van der Waals surface area contributed by atoms with Crippen molar-refractivity contribution in [2.75, 3.05) is 31.2 Å². The number of furan rings is 1. The first-order valence-corrected chi connectivity index (χ1v) is 11.1. The summed E-state index contributed by atoms with van der Waals surface area (Å²) < 4.78 is 12.4. The highest BCUT2D eigenvalue weighted by molar-refractivity contribution is 6.20. The Labute approximate surface area is 183 Å². The number of hydrogen-bond acceptors (Lipinski definition) is 7. The summed E-state index contributed by atoms with van der Waals surface area (Å²) in [5.41, 5.74) is 1.64. The van der Waals surface area contributed by atoms with Gasteiger partial charge in [0.15, 0.2) is 17.3 Å². The van der Waals surface area contributed by atoms with Crippen LogP contribution in [-0.4, -0.2) is 47.7 Å². The third-order valence-electron chi connectivity index (χ3n) is 5.86. The number of pyridine rings is 1. The van der Waals surface area contributed by atoms with Crippen molar-refractivity contribution in [1.82, 2.24) is 4.98 Å². The summed E-state index contributed by atoms with van der Waals surface area (Å²) >= 11 is 0. The largest absolute Gasteiger partial charge is 0.504 e. The van der Waals surface area contributed by atoms with Crippen molar-refractivity contribution >= 4 is 29.6 Å². The Bertz CT molecular complexity index is 969. The molecule has 0 spiro atoms. The number of rotatable bonds is 7. The molecule has 2 aromatic rings. The Hall–Kier alpha value is -2.64. The second kappa shape index (κ2) is 9.24. The zero-order chi connectivity index (χ0) is 21.8. The molecule has 2 N–H and O–H groups in total. The van der Waals surface area contributed by atoms with Crippen LogP contribution in [0, 0.1) is 0 Å². The van der Waals surface area contributed by atoms with Gasteiger partial charge in [-0.3, -0.25) is 0 Å². The summed E-state index contributed by atoms with van der Waals surface area (Å²) in [7, 11) is 0. The van der Waals surface area contributed by atoms with Gasteiger partial charge >= 0.3 is 0 Å². The molecule has 166 valence electrons. The second-order valence-corrected chi connectivity index (χ2v) is 8.56. The molecule has 1 fully saturated rings. The van der Waals surface area contributed by atoms with Crippen molar-refractivity contribution in [2.45, 2.75) is 51.6 Å². The monoisotopic (exact) mass is 425 g/mol. The molecule has 1 saturated heterocycles. The van der Waals surface area contributed by atoms with Crippen LogP contribution in [0.3, 0.4) is 0 Å². The molecule has 0 radical (unpaired) electrons. The number of aliphatic hydroxyl groups is 1. The molecule has 0 saturated carbocycles. The molecule has 4 heterocycles. The highest BCUT2D eigenvalue weighted by atomic mass is 16.5. The van der Waals surface area contributed by atoms with Gasteiger partial charge in [0.25, 0.3) is 0 Å². The molecule has 2 aliphatic rings. The van der Waals surface area contributed by atoms with E-state index in [1.807, 2.05) is 32.1 Å². The lowest BCUT2D eigenvalue weighted by Gasteiger charge is -2.29. The maximum atomic E-state index is 11.3. The third kappa shape index (κ3) is 4.52. The summed E-state index contributed by atoms with van der Waals surface area (Å²) in [5.74, 6) is 1.82. The Balaban J connectivity index is 1.75. The topological polar surface area (TPSA) is 91.3 Å². The van der Waals surface area contributed by atoms with Gasteiger partial charge in [0.2, 0.25) is 5.88 Å². The van der Waals surface area contributed by atoms with E-state index in [0.717, 1.165) is 37.1 Å². The lowest BCUT2D eigenvalue weighted by Crippen LogP contribution is -2.29. The first-order valence-electron chi connectivity index (χ1n) is 11.1. The molecule has 0 atom stereocenters. The molecule has 4 rings (SSSR count). The van der Waals surface area contributed by atoms with E-state index < -0.39 is 5.60 Å². The number of aromatic nitrogens is 1. The molecule has 7 nitrogen and oxygen atoms in total. The summed E-state index contributed by atoms with van der Waals surface area (Å²) in [5, 5.41) is 20.4. The van der Waals surface area contributed by atoms with Crippen molar-refractivity contribution in [3.05, 3.63) is 35.2 Å². The van der Waals surface area contributed by atoms with Crippen molar-refractivity contribution < 1.29 is 19.4 Å². The number of aliphatic imine (C=N–C) groups is 1. The molecule has 0 aliphatic carbocycles. The highest BCUT2D eigenvalue weighted by Crippen LogP contribution is 2.46. The zero-order valence-corrected chi connectivity index (χ0v) is 18.3. The van der Waals surface area contributed by atoms with Gasteiger partial charge in [-0.1, -0.05) is 12.8 Å². The average Bonchev–Trinajstić information content (AvgIpc) is 3.18. The lowest BCUT2D eigenvalue weighted by atomic mass is 9.97. The van der Waals surface area contributed by atoms with E-state index in [2.05, 4.69) is 14.9 Å². The molecule has 2 aliphatic heterocycles. The number of allylic oxidation sites excluding steroid dienone is 1. The Kier molecular flexibility index (Phi) is 6.43. The van der Waals surface area contributed by atoms with E-state index in [1.54, 1.807) is 12.4 Å². The van der Waals surface area contributed by atoms with E-state index >= 15 is 0 Å². The Morgan fingerprint density at radius 2 is 2.00 bits per heavy atom. The van der Waals surface area contributed by atoms with Crippen LogP contribution in [0.1, 0.15) is 62.8 Å². The number of nitrogens with zero attached hydrogens (tertiary/aromatic N) is 3. The van der Waals surface area contributed by atoms with Crippen LogP contribution in [-0.2, 0) is 10.3 Å². The Morgan fingerprint density at radius 3 is 2.74 bits per heavy atom. The predicted molar refractivity (Wildman–Crippen MR) is 122 cm³/mol. The maximum Gasteiger partial charge on any atom is 0.206 e. The lowest BCUT2D eigenvalue weighted by molar-refractivity contribution is -0.0279. The molecule has 7 heteroatoms. The molecular weight excluding hydrogens is 394 g/mol. The quantitative estimate of drug-likeness (QED) is 0.628. The molecule has 0 unspecified atom stereocenters. The van der Waals surface area contributed by atoms with Crippen LogP contribution in [0.5, 0.6) is 5.75 Å². The van der Waals surface area contributed by atoms with Gasteiger partial charge in [0.05, 0.1) is 11.2 Å². The van der Waals surface area contributed by atoms with Crippen LogP contribution in [0.4, 0.5) is 11.7 Å². The average molecular weight is 426 g/mol. The third-order valence-corrected chi connectivity index (χ3v) is 5.86. The van der Waals surface area contributed by atoms with Crippen LogP contribution in [0.2, 0.25) is 0 Å². The molecule has 0 bridgehead atoms. The van der Waals surface area contributed by atoms with E-state index in [4.69, 9.17) is 14.3 Å². The number of hydrogen-bond donors (Lipinski definition) is 2. The van der Waals surface area contributed by atoms with Gasteiger partial charge in [-0.05, 0) is 51.3 Å². The first kappa shape index (κ1) is 21.6. The summed E-state index contributed by atoms with van der Waals surface area (Å²) in [4.78, 5) is 10.9. The minimum atomic E-state index is -0.773. The minimum absolute atomic E-state index is 0.0660. The van der Waals surface area contributed by atoms with Gasteiger partial charge in [0, 0.05) is 49.9 Å². The fraction of sp³-hybridized carbons (Fsp3) is 0.500. The van der Waals surface area contributed by atoms with Crippen LogP contribution in [0.25, 0.3) is 11.6 Å². The normalized spacial score (nSPS) is 17.9. The summed E-state index contributed by atoms with van der Waals surface area (Å²) in [6.07, 6.45) is 10.4. The number of aromatic hydroxyl groups is 1. The SMILES string of the molecule is CC(C)(OCCCO)c1c(N2CCCCCC2)oc(C=C2C=Nc3ncccc32)c1O. The maximum absolute atomic E-state index is 11.3. The van der Waals surface area contributed by atoms with Crippen LogP contribution < -0.4 is 4.90 Å². The summed E-state index contributed by atoms with van der Waals surface area (Å²) in [6.45, 7) is 6.10. The molecule has 0 amide bonds. The van der Waals surface area contributed by atoms with Crippen molar-refractivity contribution in [3.8, 4) is 5.75 Å². The van der Waals surface area contributed by atoms with E-state index in [0.29, 0.717) is 36.1 Å². The summed E-state index contributed by atoms with van der Waals surface area (Å²) in [6, 6.07) is 3.83. The number of aliphatic hydroxyl groups excluding tert-OH is 1. The number of anilines is 1. The van der Waals surface area contributed by atoms with Crippen LogP contribution in [0.15, 0.2) is 27.7 Å². The smallest absolute Gasteiger partial charge is 0.206 e. The molecule has 31 heavy (non-hydrogen) atoms. The van der Waals surface area contributed by atoms with Gasteiger partial charge in [-0.2, -0.15) is 0 Å². The van der Waals surface area contributed by atoms with E-state index in [1.165, 1.54) is 12.8 Å². The second-order valence-electron chi connectivity index (χ2n) is 8.56. The van der Waals surface area contributed by atoms with Gasteiger partial charge in [-0.15, -0.1) is 0 Å². The Morgan fingerprint density at radius 1 is 1.23 bits per heavy atom. The van der Waals surface area contributed by atoms with Gasteiger partial charge in [0.1, 0.15) is 0 Å². The fourth-order valence-electron chi connectivity index (χ4n) is 4.21. The fourth-order valence-corrected chi connectivity index (χ4v) is 4.21. The highest BCUT2D eigenvalue weighted by Gasteiger charge is 2.36. The standard InChI is InChI=1S/C24H31N3O4/c1-24(2,30-14-8-13-28)20-21(29)19(31-23(20)27-11-5-3-4-6-12-27)15-17-16-26-22-18(17)9-7-10-25-22/h7,9-10,15-16,28-29H,3-6,8,11-14H2,1-2H3. The molecular formula is C24H31N3O4. The van der Waals surface area contributed by atoms with Crippen LogP contribution >= 0.6 is 0 Å². The van der Waals surface area contributed by atoms with Gasteiger partial charge < -0.3 is 24.3 Å². The van der Waals surface area contributed by atoms with Crippen molar-refractivity contribution in [2.24, 2.45) is 4.99 Å². The molecule has 0 aromatic carbocycles. The van der Waals surface area contributed by atoms with Crippen molar-refractivity contribution in [1.29, 1.82) is 0 Å². The van der Waals surface area contributed by atoms with Crippen molar-refractivity contribution in [3.63, 3.8) is 0 Å².